The standard InChI is InChI=1S/C27H38N6O3/c1-30(15-20-6-4-3-5-7-20)16-23-17-33(29-28-23)18-24-14-22-10-13-32(24)19-25(22)26(34)31-11-8-21(9-12-31)27(35)36-2/h3-7,17,21-22,24-25H,8-16,18-19H2,1-2H3/t22?,24-,25+/m1/s1. The van der Waals surface area contributed by atoms with Crippen molar-refractivity contribution >= 4 is 11.9 Å². The fraction of sp³-hybridized carbons (Fsp3) is 0.630. The zero-order valence-corrected chi connectivity index (χ0v) is 21.5. The maximum atomic E-state index is 13.3. The van der Waals surface area contributed by atoms with Gasteiger partial charge in [0.15, 0.2) is 0 Å². The number of hydrogen-bond acceptors (Lipinski definition) is 7. The van der Waals surface area contributed by atoms with Crippen LogP contribution in [0.3, 0.4) is 0 Å². The van der Waals surface area contributed by atoms with Crippen LogP contribution in [0.25, 0.3) is 0 Å². The molecule has 4 fully saturated rings. The highest BCUT2D eigenvalue weighted by Crippen LogP contribution is 2.38. The van der Waals surface area contributed by atoms with Crippen LogP contribution in [0, 0.1) is 17.8 Å². The number of amides is 1. The first-order valence-corrected chi connectivity index (χ1v) is 13.2. The van der Waals surface area contributed by atoms with Gasteiger partial charge in [0.1, 0.15) is 0 Å². The third kappa shape index (κ3) is 5.62. The molecular formula is C27H38N6O3. The monoisotopic (exact) mass is 494 g/mol. The van der Waals surface area contributed by atoms with Gasteiger partial charge in [0.25, 0.3) is 0 Å². The van der Waals surface area contributed by atoms with Crippen molar-refractivity contribution in [2.75, 3.05) is 40.3 Å². The summed E-state index contributed by atoms with van der Waals surface area (Å²) in [5.41, 5.74) is 2.27. The van der Waals surface area contributed by atoms with Crippen LogP contribution < -0.4 is 0 Å². The summed E-state index contributed by atoms with van der Waals surface area (Å²) in [6.45, 7) is 5.64. The number of methoxy groups -OCH3 is 1. The smallest absolute Gasteiger partial charge is 0.308 e. The summed E-state index contributed by atoms with van der Waals surface area (Å²) in [5, 5.41) is 8.82. The SMILES string of the molecule is COC(=O)C1CCN(C(=O)[C@H]2CN3CCC2C[C@@H]3Cn2cc(CN(C)Cc3ccccc3)nn2)CC1. The van der Waals surface area contributed by atoms with E-state index in [-0.39, 0.29) is 23.7 Å². The average Bonchev–Trinajstić information content (AvgIpc) is 3.35. The van der Waals surface area contributed by atoms with Crippen LogP contribution in [0.5, 0.6) is 0 Å². The van der Waals surface area contributed by atoms with Gasteiger partial charge in [0, 0.05) is 45.0 Å². The lowest BCUT2D eigenvalue weighted by atomic mass is 9.74. The van der Waals surface area contributed by atoms with Crippen molar-refractivity contribution in [3.63, 3.8) is 0 Å². The molecule has 6 rings (SSSR count). The third-order valence-electron chi connectivity index (χ3n) is 8.25. The van der Waals surface area contributed by atoms with E-state index in [9.17, 15) is 9.59 Å². The van der Waals surface area contributed by atoms with E-state index in [1.54, 1.807) is 0 Å². The fourth-order valence-corrected chi connectivity index (χ4v) is 6.29. The predicted molar refractivity (Wildman–Crippen MR) is 135 cm³/mol. The minimum Gasteiger partial charge on any atom is -0.469 e. The molecule has 4 aliphatic heterocycles. The second-order valence-corrected chi connectivity index (χ2v) is 10.8. The maximum absolute atomic E-state index is 13.3. The van der Waals surface area contributed by atoms with Crippen molar-refractivity contribution in [3.05, 3.63) is 47.8 Å². The fourth-order valence-electron chi connectivity index (χ4n) is 6.29. The molecule has 1 amide bonds. The molecule has 0 saturated carbocycles. The van der Waals surface area contributed by atoms with Gasteiger partial charge in [-0.3, -0.25) is 24.1 Å². The number of piperidine rings is 4. The Morgan fingerprint density at radius 2 is 1.86 bits per heavy atom. The largest absolute Gasteiger partial charge is 0.469 e. The summed E-state index contributed by atoms with van der Waals surface area (Å²) >= 11 is 0. The molecule has 4 saturated heterocycles. The highest BCUT2D eigenvalue weighted by Gasteiger charge is 2.45. The zero-order valence-electron chi connectivity index (χ0n) is 21.5. The number of rotatable bonds is 8. The van der Waals surface area contributed by atoms with Crippen molar-refractivity contribution in [3.8, 4) is 0 Å². The highest BCUT2D eigenvalue weighted by molar-refractivity contribution is 5.80. The summed E-state index contributed by atoms with van der Waals surface area (Å²) in [4.78, 5) is 31.9. The molecule has 1 aromatic heterocycles. The minimum atomic E-state index is -0.146. The van der Waals surface area contributed by atoms with E-state index in [1.807, 2.05) is 15.6 Å². The van der Waals surface area contributed by atoms with Crippen LogP contribution in [-0.2, 0) is 34.0 Å². The lowest BCUT2D eigenvalue weighted by Gasteiger charge is -2.50. The number of likely N-dealkylation sites (tertiary alicyclic amines) is 1. The molecule has 2 unspecified atom stereocenters. The molecule has 4 atom stereocenters. The summed E-state index contributed by atoms with van der Waals surface area (Å²) in [6.07, 6.45) is 5.59. The first-order chi connectivity index (χ1) is 17.5. The number of carbonyl (C=O) groups is 2. The normalized spacial score (nSPS) is 26.4. The summed E-state index contributed by atoms with van der Waals surface area (Å²) in [5.74, 6) is 0.553. The van der Waals surface area contributed by atoms with Gasteiger partial charge in [0.2, 0.25) is 5.91 Å². The number of esters is 1. The van der Waals surface area contributed by atoms with Crippen molar-refractivity contribution < 1.29 is 14.3 Å². The van der Waals surface area contributed by atoms with Crippen LogP contribution in [0.4, 0.5) is 0 Å². The van der Waals surface area contributed by atoms with Crippen LogP contribution >= 0.6 is 0 Å². The molecule has 0 N–H and O–H groups in total. The van der Waals surface area contributed by atoms with Crippen molar-refractivity contribution in [1.29, 1.82) is 0 Å². The number of ether oxygens (including phenoxy) is 1. The van der Waals surface area contributed by atoms with Crippen molar-refractivity contribution in [2.24, 2.45) is 17.8 Å². The van der Waals surface area contributed by atoms with Crippen LogP contribution in [0.1, 0.15) is 36.9 Å². The summed E-state index contributed by atoms with van der Waals surface area (Å²) in [6, 6.07) is 10.9. The average molecular weight is 495 g/mol. The Labute approximate surface area is 213 Å². The number of carbonyl (C=O) groups excluding carboxylic acids is 2. The van der Waals surface area contributed by atoms with E-state index in [0.717, 1.165) is 51.3 Å². The first kappa shape index (κ1) is 24.9. The molecule has 9 heteroatoms. The molecule has 2 bridgehead atoms. The van der Waals surface area contributed by atoms with Gasteiger partial charge in [-0.05, 0) is 50.8 Å². The van der Waals surface area contributed by atoms with Crippen molar-refractivity contribution in [2.45, 2.75) is 51.4 Å². The van der Waals surface area contributed by atoms with Gasteiger partial charge >= 0.3 is 5.97 Å². The van der Waals surface area contributed by atoms with E-state index >= 15 is 0 Å². The van der Waals surface area contributed by atoms with E-state index in [0.29, 0.717) is 37.9 Å². The molecule has 9 nitrogen and oxygen atoms in total. The topological polar surface area (TPSA) is 83.8 Å². The van der Waals surface area contributed by atoms with Crippen molar-refractivity contribution in [1.82, 2.24) is 29.7 Å². The number of hydrogen-bond donors (Lipinski definition) is 0. The van der Waals surface area contributed by atoms with Gasteiger partial charge < -0.3 is 9.64 Å². The third-order valence-corrected chi connectivity index (χ3v) is 8.25. The van der Waals surface area contributed by atoms with E-state index in [2.05, 4.69) is 57.6 Å². The molecule has 5 heterocycles. The zero-order chi connectivity index (χ0) is 25.1. The Morgan fingerprint density at radius 3 is 2.56 bits per heavy atom. The highest BCUT2D eigenvalue weighted by atomic mass is 16.5. The molecule has 2 aromatic rings. The molecule has 1 aromatic carbocycles. The Bertz CT molecular complexity index is 1040. The van der Waals surface area contributed by atoms with Gasteiger partial charge in [0.05, 0.1) is 31.2 Å². The Morgan fingerprint density at radius 1 is 1.08 bits per heavy atom. The molecule has 36 heavy (non-hydrogen) atoms. The van der Waals surface area contributed by atoms with Gasteiger partial charge in [-0.2, -0.15) is 0 Å². The van der Waals surface area contributed by atoms with Crippen LogP contribution in [0.2, 0.25) is 0 Å². The number of nitrogens with zero attached hydrogens (tertiary/aromatic N) is 6. The number of fused-ring (bicyclic) bond motifs is 3. The lowest BCUT2D eigenvalue weighted by molar-refractivity contribution is -0.152. The summed E-state index contributed by atoms with van der Waals surface area (Å²) in [7, 11) is 3.54. The molecular weight excluding hydrogens is 456 g/mol. The predicted octanol–water partition coefficient (Wildman–Crippen LogP) is 2.03. The Hall–Kier alpha value is -2.78. The Balaban J connectivity index is 1.11. The van der Waals surface area contributed by atoms with E-state index in [4.69, 9.17) is 4.74 Å². The second kappa shape index (κ2) is 11.1. The molecule has 0 spiro atoms. The first-order valence-electron chi connectivity index (χ1n) is 13.2. The second-order valence-electron chi connectivity index (χ2n) is 10.8. The molecule has 0 aliphatic carbocycles. The number of benzene rings is 1. The van der Waals surface area contributed by atoms with E-state index in [1.165, 1.54) is 12.7 Å². The molecule has 0 radical (unpaired) electrons. The van der Waals surface area contributed by atoms with Crippen LogP contribution in [0.15, 0.2) is 36.5 Å². The minimum absolute atomic E-state index is 0.0688. The van der Waals surface area contributed by atoms with E-state index < -0.39 is 0 Å². The molecule has 194 valence electrons. The summed E-state index contributed by atoms with van der Waals surface area (Å²) < 4.78 is 6.86. The Kier molecular flexibility index (Phi) is 7.67. The quantitative estimate of drug-likeness (QED) is 0.519. The lowest BCUT2D eigenvalue weighted by Crippen LogP contribution is -2.59. The van der Waals surface area contributed by atoms with Crippen LogP contribution in [-0.4, -0.2) is 87.9 Å². The van der Waals surface area contributed by atoms with Gasteiger partial charge in [-0.15, -0.1) is 5.10 Å². The van der Waals surface area contributed by atoms with Gasteiger partial charge in [-0.25, -0.2) is 0 Å². The maximum Gasteiger partial charge on any atom is 0.308 e. The van der Waals surface area contributed by atoms with Gasteiger partial charge in [-0.1, -0.05) is 35.5 Å². The molecule has 4 aliphatic rings. The number of aromatic nitrogens is 3.